The third-order valence-corrected chi connectivity index (χ3v) is 6.85. The molecule has 0 bridgehead atoms. The van der Waals surface area contributed by atoms with E-state index >= 15 is 0 Å². The maximum Gasteiger partial charge on any atom is 0.534 e. The van der Waals surface area contributed by atoms with Crippen molar-refractivity contribution in [2.45, 2.75) is 89.2 Å². The predicted octanol–water partition coefficient (Wildman–Crippen LogP) is 4.79. The summed E-state index contributed by atoms with van der Waals surface area (Å²) < 4.78 is 63.6. The number of alkyl halides is 3. The standard InChI is InChI=1S/C23H35F3N2O4S/c1-3-20(9-6-8-16-28-15-7-4-5-10-22(28)29)27-18(2)17-19-11-13-21(14-12-19)32-33(30,31)23(24,25)26/h11-14,18,20,27H,3-10,15-17H2,1-2H3. The van der Waals surface area contributed by atoms with Crippen LogP contribution in [-0.2, 0) is 21.3 Å². The number of rotatable bonds is 12. The van der Waals surface area contributed by atoms with E-state index in [-0.39, 0.29) is 17.7 Å². The first-order valence-electron chi connectivity index (χ1n) is 11.7. The van der Waals surface area contributed by atoms with E-state index in [0.717, 1.165) is 63.6 Å². The lowest BCUT2D eigenvalue weighted by molar-refractivity contribution is -0.130. The molecule has 1 aromatic rings. The Kier molecular flexibility index (Phi) is 10.5. The van der Waals surface area contributed by atoms with Gasteiger partial charge in [-0.25, -0.2) is 0 Å². The Bertz CT molecular complexity index is 844. The molecular weight excluding hydrogens is 457 g/mol. The van der Waals surface area contributed by atoms with Crippen molar-refractivity contribution in [3.05, 3.63) is 29.8 Å². The highest BCUT2D eigenvalue weighted by Crippen LogP contribution is 2.27. The lowest BCUT2D eigenvalue weighted by Gasteiger charge is -2.24. The highest BCUT2D eigenvalue weighted by Gasteiger charge is 2.48. The maximum atomic E-state index is 12.4. The summed E-state index contributed by atoms with van der Waals surface area (Å²) in [7, 11) is -5.66. The number of nitrogens with zero attached hydrogens (tertiary/aromatic N) is 1. The van der Waals surface area contributed by atoms with Gasteiger partial charge in [-0.05, 0) is 63.1 Å². The van der Waals surface area contributed by atoms with E-state index < -0.39 is 15.6 Å². The van der Waals surface area contributed by atoms with E-state index in [4.69, 9.17) is 0 Å². The molecule has 33 heavy (non-hydrogen) atoms. The maximum absolute atomic E-state index is 12.4. The molecule has 1 N–H and O–H groups in total. The lowest BCUT2D eigenvalue weighted by Crippen LogP contribution is -2.37. The van der Waals surface area contributed by atoms with E-state index in [1.54, 1.807) is 12.1 Å². The van der Waals surface area contributed by atoms with Gasteiger partial charge < -0.3 is 14.4 Å². The van der Waals surface area contributed by atoms with E-state index in [0.29, 0.717) is 18.9 Å². The first kappa shape index (κ1) is 27.4. The highest BCUT2D eigenvalue weighted by atomic mass is 32.2. The summed E-state index contributed by atoms with van der Waals surface area (Å²) in [4.78, 5) is 14.1. The molecule has 1 saturated heterocycles. The number of carbonyl (C=O) groups is 1. The summed E-state index contributed by atoms with van der Waals surface area (Å²) in [5, 5.41) is 3.59. The van der Waals surface area contributed by atoms with Crippen molar-refractivity contribution in [3.63, 3.8) is 0 Å². The fourth-order valence-electron chi connectivity index (χ4n) is 4.04. The molecular formula is C23H35F3N2O4S. The van der Waals surface area contributed by atoms with Gasteiger partial charge in [-0.15, -0.1) is 0 Å². The molecule has 1 aliphatic heterocycles. The van der Waals surface area contributed by atoms with Crippen LogP contribution in [0, 0.1) is 0 Å². The van der Waals surface area contributed by atoms with Crippen LogP contribution in [0.3, 0.4) is 0 Å². The van der Waals surface area contributed by atoms with Crippen molar-refractivity contribution < 1.29 is 30.6 Å². The van der Waals surface area contributed by atoms with Crippen LogP contribution < -0.4 is 9.50 Å². The predicted molar refractivity (Wildman–Crippen MR) is 121 cm³/mol. The second-order valence-corrected chi connectivity index (χ2v) is 10.2. The smallest absolute Gasteiger partial charge is 0.376 e. The molecule has 1 heterocycles. The van der Waals surface area contributed by atoms with Gasteiger partial charge in [0.15, 0.2) is 0 Å². The number of carbonyl (C=O) groups excluding carboxylic acids is 1. The van der Waals surface area contributed by atoms with Crippen molar-refractivity contribution in [1.82, 2.24) is 10.2 Å². The van der Waals surface area contributed by atoms with Gasteiger partial charge in [0.05, 0.1) is 0 Å². The molecule has 1 aliphatic rings. The summed E-state index contributed by atoms with van der Waals surface area (Å²) in [5.41, 5.74) is -4.59. The van der Waals surface area contributed by atoms with Crippen molar-refractivity contribution >= 4 is 16.0 Å². The SMILES string of the molecule is CCC(CCCCN1CCCCCC1=O)NC(C)Cc1ccc(OS(=O)(=O)C(F)(F)F)cc1. The van der Waals surface area contributed by atoms with Gasteiger partial charge in [0.2, 0.25) is 5.91 Å². The molecule has 0 aromatic heterocycles. The quantitative estimate of drug-likeness (QED) is 0.258. The molecule has 2 atom stereocenters. The second kappa shape index (κ2) is 12.6. The van der Waals surface area contributed by atoms with Gasteiger partial charge in [0, 0.05) is 31.6 Å². The fraction of sp³-hybridized carbons (Fsp3) is 0.696. The van der Waals surface area contributed by atoms with Crippen LogP contribution in [0.5, 0.6) is 5.75 Å². The van der Waals surface area contributed by atoms with Crippen LogP contribution >= 0.6 is 0 Å². The Morgan fingerprint density at radius 2 is 1.82 bits per heavy atom. The molecule has 10 heteroatoms. The van der Waals surface area contributed by atoms with E-state index in [1.165, 1.54) is 12.1 Å². The van der Waals surface area contributed by atoms with Gasteiger partial charge >= 0.3 is 15.6 Å². The average molecular weight is 493 g/mol. The largest absolute Gasteiger partial charge is 0.534 e. The number of halogens is 3. The van der Waals surface area contributed by atoms with E-state index in [1.807, 2.05) is 11.8 Å². The molecule has 1 aromatic carbocycles. The van der Waals surface area contributed by atoms with Crippen molar-refractivity contribution in [2.75, 3.05) is 13.1 Å². The first-order valence-corrected chi connectivity index (χ1v) is 13.1. The number of likely N-dealkylation sites (tertiary alicyclic amines) is 1. The second-order valence-electron chi connectivity index (χ2n) is 8.69. The third-order valence-electron chi connectivity index (χ3n) is 5.87. The zero-order valence-corrected chi connectivity index (χ0v) is 20.2. The number of hydrogen-bond acceptors (Lipinski definition) is 5. The van der Waals surface area contributed by atoms with Crippen LogP contribution in [0.15, 0.2) is 24.3 Å². The summed E-state index contributed by atoms with van der Waals surface area (Å²) in [5.74, 6) is -0.0928. The summed E-state index contributed by atoms with van der Waals surface area (Å²) >= 11 is 0. The highest BCUT2D eigenvalue weighted by molar-refractivity contribution is 7.88. The molecule has 6 nitrogen and oxygen atoms in total. The molecule has 0 spiro atoms. The van der Waals surface area contributed by atoms with Gasteiger partial charge in [-0.3, -0.25) is 4.79 Å². The minimum Gasteiger partial charge on any atom is -0.376 e. The Balaban J connectivity index is 1.75. The molecule has 0 radical (unpaired) electrons. The topological polar surface area (TPSA) is 75.7 Å². The van der Waals surface area contributed by atoms with Crippen LogP contribution in [0.1, 0.15) is 70.8 Å². The normalized spacial score (nSPS) is 17.5. The number of hydrogen-bond donors (Lipinski definition) is 1. The Morgan fingerprint density at radius 1 is 1.12 bits per heavy atom. The molecule has 0 saturated carbocycles. The Morgan fingerprint density at radius 3 is 2.45 bits per heavy atom. The van der Waals surface area contributed by atoms with Gasteiger partial charge in [-0.2, -0.15) is 21.6 Å². The number of unbranched alkanes of at least 4 members (excludes halogenated alkanes) is 1. The molecule has 0 aliphatic carbocycles. The molecule has 2 rings (SSSR count). The third kappa shape index (κ3) is 9.16. The molecule has 1 fully saturated rings. The monoisotopic (exact) mass is 492 g/mol. The summed E-state index contributed by atoms with van der Waals surface area (Å²) in [6.07, 6.45) is 8.52. The van der Waals surface area contributed by atoms with Crippen LogP contribution in [0.4, 0.5) is 13.2 Å². The minimum atomic E-state index is -5.66. The Hall–Kier alpha value is -1.81. The average Bonchev–Trinajstić information content (AvgIpc) is 2.94. The van der Waals surface area contributed by atoms with Crippen molar-refractivity contribution in [2.24, 2.45) is 0 Å². The minimum absolute atomic E-state index is 0.132. The molecule has 1 amide bonds. The fourth-order valence-corrected chi connectivity index (χ4v) is 4.50. The lowest BCUT2D eigenvalue weighted by atomic mass is 10.0. The zero-order valence-electron chi connectivity index (χ0n) is 19.4. The van der Waals surface area contributed by atoms with E-state index in [9.17, 15) is 26.4 Å². The molecule has 2 unspecified atom stereocenters. The number of nitrogens with one attached hydrogen (secondary N) is 1. The first-order chi connectivity index (χ1) is 15.5. The number of amides is 1. The zero-order chi connectivity index (χ0) is 24.5. The number of benzene rings is 1. The van der Waals surface area contributed by atoms with Gasteiger partial charge in [0.25, 0.3) is 0 Å². The van der Waals surface area contributed by atoms with Crippen LogP contribution in [0.2, 0.25) is 0 Å². The summed E-state index contributed by atoms with van der Waals surface area (Å²) in [6, 6.07) is 6.06. The van der Waals surface area contributed by atoms with E-state index in [2.05, 4.69) is 16.4 Å². The summed E-state index contributed by atoms with van der Waals surface area (Å²) in [6.45, 7) is 5.85. The van der Waals surface area contributed by atoms with Crippen molar-refractivity contribution in [3.8, 4) is 5.75 Å². The van der Waals surface area contributed by atoms with Crippen molar-refractivity contribution in [1.29, 1.82) is 0 Å². The van der Waals surface area contributed by atoms with Gasteiger partial charge in [-0.1, -0.05) is 31.9 Å². The van der Waals surface area contributed by atoms with Crippen LogP contribution in [-0.4, -0.2) is 49.9 Å². The molecule has 188 valence electrons. The van der Waals surface area contributed by atoms with Gasteiger partial charge in [0.1, 0.15) is 5.75 Å². The Labute approximate surface area is 195 Å². The van der Waals surface area contributed by atoms with Crippen LogP contribution in [0.25, 0.3) is 0 Å².